The Morgan fingerprint density at radius 1 is 1.19 bits per heavy atom. The van der Waals surface area contributed by atoms with Gasteiger partial charge in [0.1, 0.15) is 12.4 Å². The maximum absolute atomic E-state index is 12.1. The van der Waals surface area contributed by atoms with E-state index >= 15 is 0 Å². The molecule has 0 spiro atoms. The topological polar surface area (TPSA) is 83.7 Å². The van der Waals surface area contributed by atoms with Crippen molar-refractivity contribution in [1.82, 2.24) is 16.2 Å². The van der Waals surface area contributed by atoms with Crippen LogP contribution in [0.2, 0.25) is 0 Å². The summed E-state index contributed by atoms with van der Waals surface area (Å²) in [6.07, 6.45) is 4.54. The molecule has 0 saturated carbocycles. The van der Waals surface area contributed by atoms with Gasteiger partial charge in [-0.2, -0.15) is 0 Å². The number of carbonyl (C=O) groups excluding carboxylic acids is 1. The molecule has 2 heterocycles. The molecular formula is C20H32N4O3. The molecule has 3 unspecified atom stereocenters. The summed E-state index contributed by atoms with van der Waals surface area (Å²) < 4.78 is 11.4. The lowest BCUT2D eigenvalue weighted by Crippen LogP contribution is -2.33. The monoisotopic (exact) mass is 376 g/mol. The molecule has 1 aromatic carbocycles. The second-order valence-corrected chi connectivity index (χ2v) is 7.52. The minimum absolute atomic E-state index is 0.182. The number of carbonyl (C=O) groups is 1. The molecule has 2 aliphatic heterocycles. The Hall–Kier alpha value is -1.83. The van der Waals surface area contributed by atoms with Gasteiger partial charge in [0.05, 0.1) is 6.10 Å². The number of ether oxygens (including phenoxy) is 2. The van der Waals surface area contributed by atoms with Crippen LogP contribution in [0, 0.1) is 5.92 Å². The molecule has 7 nitrogen and oxygen atoms in total. The van der Waals surface area contributed by atoms with E-state index in [9.17, 15) is 4.79 Å². The molecule has 2 fully saturated rings. The Morgan fingerprint density at radius 3 is 2.59 bits per heavy atom. The molecule has 150 valence electrons. The first kappa shape index (κ1) is 19.9. The van der Waals surface area contributed by atoms with Crippen molar-refractivity contribution in [3.8, 4) is 5.75 Å². The first-order valence-corrected chi connectivity index (χ1v) is 10.0. The molecule has 3 rings (SSSR count). The smallest absolute Gasteiger partial charge is 0.319 e. The van der Waals surface area contributed by atoms with Crippen molar-refractivity contribution >= 4 is 11.7 Å². The maximum atomic E-state index is 12.1. The van der Waals surface area contributed by atoms with Crippen LogP contribution in [0.25, 0.3) is 0 Å². The summed E-state index contributed by atoms with van der Waals surface area (Å²) in [4.78, 5) is 12.1. The third kappa shape index (κ3) is 6.09. The van der Waals surface area contributed by atoms with Crippen LogP contribution >= 0.6 is 0 Å². The fourth-order valence-corrected chi connectivity index (χ4v) is 3.70. The normalized spacial score (nSPS) is 27.9. The fourth-order valence-electron chi connectivity index (χ4n) is 3.70. The van der Waals surface area contributed by atoms with E-state index in [2.05, 4.69) is 35.3 Å². The number of anilines is 1. The highest BCUT2D eigenvalue weighted by Gasteiger charge is 2.29. The second-order valence-electron chi connectivity index (χ2n) is 7.52. The zero-order chi connectivity index (χ0) is 19.1. The van der Waals surface area contributed by atoms with E-state index in [-0.39, 0.29) is 12.1 Å². The molecule has 1 aromatic rings. The largest absolute Gasteiger partial charge is 0.491 e. The van der Waals surface area contributed by atoms with Gasteiger partial charge < -0.3 is 20.1 Å². The molecular weight excluding hydrogens is 344 g/mol. The van der Waals surface area contributed by atoms with Gasteiger partial charge in [0.25, 0.3) is 0 Å². The molecule has 0 radical (unpaired) electrons. The van der Waals surface area contributed by atoms with Gasteiger partial charge in [-0.3, -0.25) is 10.9 Å². The lowest BCUT2D eigenvalue weighted by molar-refractivity contribution is -0.0110. The summed E-state index contributed by atoms with van der Waals surface area (Å²) in [5.74, 6) is 1.30. The molecule has 2 amide bonds. The van der Waals surface area contributed by atoms with E-state index in [4.69, 9.17) is 9.47 Å². The second kappa shape index (κ2) is 9.92. The molecule has 3 atom stereocenters. The SMILES string of the molecule is CC1NNC(C)C1CCNC(=O)Nc1ccc(OCC2CCCCO2)cc1. The number of hydrazine groups is 1. The van der Waals surface area contributed by atoms with Crippen LogP contribution in [0.3, 0.4) is 0 Å². The number of rotatable bonds is 7. The number of hydrogen-bond donors (Lipinski definition) is 4. The van der Waals surface area contributed by atoms with Crippen molar-refractivity contribution in [3.05, 3.63) is 24.3 Å². The zero-order valence-corrected chi connectivity index (χ0v) is 16.3. The van der Waals surface area contributed by atoms with Crippen molar-refractivity contribution < 1.29 is 14.3 Å². The van der Waals surface area contributed by atoms with E-state index in [0.717, 1.165) is 37.3 Å². The number of nitrogens with one attached hydrogen (secondary N) is 4. The van der Waals surface area contributed by atoms with Crippen LogP contribution in [-0.2, 0) is 4.74 Å². The van der Waals surface area contributed by atoms with E-state index < -0.39 is 0 Å². The quantitative estimate of drug-likeness (QED) is 0.588. The van der Waals surface area contributed by atoms with Gasteiger partial charge in [-0.1, -0.05) is 0 Å². The predicted octanol–water partition coefficient (Wildman–Crippen LogP) is 2.65. The highest BCUT2D eigenvalue weighted by molar-refractivity contribution is 5.89. The molecule has 7 heteroatoms. The van der Waals surface area contributed by atoms with E-state index in [0.29, 0.717) is 31.2 Å². The van der Waals surface area contributed by atoms with Crippen LogP contribution in [0.5, 0.6) is 5.75 Å². The van der Waals surface area contributed by atoms with Crippen LogP contribution in [0.15, 0.2) is 24.3 Å². The highest BCUT2D eigenvalue weighted by atomic mass is 16.5. The summed E-state index contributed by atoms with van der Waals surface area (Å²) in [5.41, 5.74) is 7.22. The standard InChI is InChI=1S/C20H32N4O3/c1-14-19(15(2)24-23-14)10-11-21-20(25)22-16-6-8-17(9-7-16)27-13-18-5-3-4-12-26-18/h6-9,14-15,18-19,23-24H,3-5,10-13H2,1-2H3,(H2,21,22,25). The van der Waals surface area contributed by atoms with E-state index in [1.165, 1.54) is 6.42 Å². The predicted molar refractivity (Wildman–Crippen MR) is 106 cm³/mol. The first-order valence-electron chi connectivity index (χ1n) is 10.0. The Bertz CT molecular complexity index is 579. The van der Waals surface area contributed by atoms with Crippen LogP contribution in [0.4, 0.5) is 10.5 Å². The Kier molecular flexibility index (Phi) is 7.32. The lowest BCUT2D eigenvalue weighted by atomic mass is 9.93. The molecule has 2 saturated heterocycles. The van der Waals surface area contributed by atoms with Crippen molar-refractivity contribution in [2.24, 2.45) is 5.92 Å². The Labute approximate surface area is 161 Å². The van der Waals surface area contributed by atoms with Gasteiger partial charge in [-0.05, 0) is 69.7 Å². The summed E-state index contributed by atoms with van der Waals surface area (Å²) in [6.45, 7) is 6.38. The maximum Gasteiger partial charge on any atom is 0.319 e. The van der Waals surface area contributed by atoms with Crippen molar-refractivity contribution in [2.75, 3.05) is 25.1 Å². The Balaban J connectivity index is 1.35. The zero-order valence-electron chi connectivity index (χ0n) is 16.3. The van der Waals surface area contributed by atoms with Crippen LogP contribution in [-0.4, -0.2) is 44.0 Å². The summed E-state index contributed by atoms with van der Waals surface area (Å²) >= 11 is 0. The summed E-state index contributed by atoms with van der Waals surface area (Å²) in [5, 5.41) is 5.79. The van der Waals surface area contributed by atoms with Gasteiger partial charge in [0.15, 0.2) is 0 Å². The minimum atomic E-state index is -0.182. The van der Waals surface area contributed by atoms with Gasteiger partial charge in [0.2, 0.25) is 0 Å². The molecule has 27 heavy (non-hydrogen) atoms. The van der Waals surface area contributed by atoms with Crippen molar-refractivity contribution in [1.29, 1.82) is 0 Å². The number of benzene rings is 1. The van der Waals surface area contributed by atoms with Gasteiger partial charge >= 0.3 is 6.03 Å². The van der Waals surface area contributed by atoms with Crippen LogP contribution in [0.1, 0.15) is 39.5 Å². The third-order valence-electron chi connectivity index (χ3n) is 5.41. The summed E-state index contributed by atoms with van der Waals surface area (Å²) in [7, 11) is 0. The van der Waals surface area contributed by atoms with Crippen LogP contribution < -0.4 is 26.2 Å². The highest BCUT2D eigenvalue weighted by Crippen LogP contribution is 2.19. The third-order valence-corrected chi connectivity index (χ3v) is 5.41. The minimum Gasteiger partial charge on any atom is -0.491 e. The number of hydrogen-bond acceptors (Lipinski definition) is 5. The number of urea groups is 1. The fraction of sp³-hybridized carbons (Fsp3) is 0.650. The van der Waals surface area contributed by atoms with Crippen molar-refractivity contribution in [2.45, 2.75) is 57.7 Å². The van der Waals surface area contributed by atoms with Crippen molar-refractivity contribution in [3.63, 3.8) is 0 Å². The van der Waals surface area contributed by atoms with Gasteiger partial charge in [-0.25, -0.2) is 4.79 Å². The molecule has 0 bridgehead atoms. The van der Waals surface area contributed by atoms with Gasteiger partial charge in [-0.15, -0.1) is 0 Å². The molecule has 0 aliphatic carbocycles. The van der Waals surface area contributed by atoms with E-state index in [1.54, 1.807) is 0 Å². The van der Waals surface area contributed by atoms with Gasteiger partial charge in [0, 0.05) is 30.9 Å². The number of amides is 2. The Morgan fingerprint density at radius 2 is 1.93 bits per heavy atom. The van der Waals surface area contributed by atoms with E-state index in [1.807, 2.05) is 24.3 Å². The molecule has 0 aromatic heterocycles. The lowest BCUT2D eigenvalue weighted by Gasteiger charge is -2.22. The molecule has 4 N–H and O–H groups in total. The average molecular weight is 377 g/mol. The first-order chi connectivity index (χ1) is 13.1. The molecule has 2 aliphatic rings. The average Bonchev–Trinajstić information content (AvgIpc) is 3.00. The summed E-state index contributed by atoms with van der Waals surface area (Å²) in [6, 6.07) is 8.10.